The van der Waals surface area contributed by atoms with Crippen LogP contribution in [0.3, 0.4) is 0 Å². The van der Waals surface area contributed by atoms with E-state index in [0.29, 0.717) is 11.3 Å². The van der Waals surface area contributed by atoms with Gasteiger partial charge in [-0.25, -0.2) is 4.98 Å². The van der Waals surface area contributed by atoms with Gasteiger partial charge in [0.1, 0.15) is 11.6 Å². The van der Waals surface area contributed by atoms with Gasteiger partial charge in [0.2, 0.25) is 5.95 Å². The molecule has 0 bridgehead atoms. The second-order valence-electron chi connectivity index (χ2n) is 5.46. The average Bonchev–Trinajstić information content (AvgIpc) is 2.83. The Hall–Kier alpha value is -2.83. The quantitative estimate of drug-likeness (QED) is 0.769. The van der Waals surface area contributed by atoms with Gasteiger partial charge in [-0.15, -0.1) is 0 Å². The molecular weight excluding hydrogens is 292 g/mol. The van der Waals surface area contributed by atoms with E-state index < -0.39 is 0 Å². The molecule has 1 aromatic carbocycles. The number of fused-ring (bicyclic) bond motifs is 1. The Bertz CT molecular complexity index is 857. The van der Waals surface area contributed by atoms with E-state index in [1.54, 1.807) is 7.11 Å². The number of anilines is 2. The largest absolute Gasteiger partial charge is 0.497 e. The molecule has 1 atom stereocenters. The zero-order valence-electron chi connectivity index (χ0n) is 13.7. The Morgan fingerprint density at radius 2 is 2.04 bits per heavy atom. The van der Waals surface area contributed by atoms with Gasteiger partial charge < -0.3 is 20.4 Å². The Labute approximate surface area is 134 Å². The minimum Gasteiger partial charge on any atom is -0.497 e. The summed E-state index contributed by atoms with van der Waals surface area (Å²) in [5.41, 5.74) is 8.36. The van der Waals surface area contributed by atoms with Crippen LogP contribution in [0.4, 0.5) is 11.8 Å². The van der Waals surface area contributed by atoms with E-state index in [9.17, 15) is 0 Å². The number of aryl methyl sites for hydroxylation is 2. The van der Waals surface area contributed by atoms with Gasteiger partial charge in [0.05, 0.1) is 13.2 Å². The normalized spacial score (nSPS) is 12.3. The topological polar surface area (TPSA) is 90.9 Å². The van der Waals surface area contributed by atoms with E-state index in [0.717, 1.165) is 22.8 Å². The van der Waals surface area contributed by atoms with Crippen molar-refractivity contribution in [1.82, 2.24) is 19.5 Å². The van der Waals surface area contributed by atoms with E-state index in [2.05, 4.69) is 27.2 Å². The molecule has 0 radical (unpaired) electrons. The van der Waals surface area contributed by atoms with Gasteiger partial charge in [0.15, 0.2) is 17.0 Å². The van der Waals surface area contributed by atoms with Crippen LogP contribution in [0.2, 0.25) is 0 Å². The Balaban J connectivity index is 1.98. The highest BCUT2D eigenvalue weighted by Gasteiger charge is 2.16. The van der Waals surface area contributed by atoms with E-state index in [4.69, 9.17) is 10.5 Å². The summed E-state index contributed by atoms with van der Waals surface area (Å²) in [6.45, 7) is 3.97. The molecule has 23 heavy (non-hydrogen) atoms. The lowest BCUT2D eigenvalue weighted by Gasteiger charge is -2.16. The second-order valence-corrected chi connectivity index (χ2v) is 5.46. The molecule has 0 aliphatic carbocycles. The van der Waals surface area contributed by atoms with E-state index >= 15 is 0 Å². The number of nitrogens with zero attached hydrogens (tertiary/aromatic N) is 4. The number of hydrogen-bond donors (Lipinski definition) is 2. The summed E-state index contributed by atoms with van der Waals surface area (Å²) in [6.07, 6.45) is 0. The van der Waals surface area contributed by atoms with Crippen LogP contribution in [-0.2, 0) is 7.05 Å². The molecule has 0 unspecified atom stereocenters. The Morgan fingerprint density at radius 3 is 2.78 bits per heavy atom. The number of imidazole rings is 1. The zero-order chi connectivity index (χ0) is 16.6. The molecule has 0 aliphatic heterocycles. The second kappa shape index (κ2) is 5.75. The minimum atomic E-state index is 0.0184. The monoisotopic (exact) mass is 312 g/mol. The molecule has 0 saturated heterocycles. The van der Waals surface area contributed by atoms with E-state index in [1.807, 2.05) is 42.8 Å². The number of benzene rings is 1. The lowest BCUT2D eigenvalue weighted by molar-refractivity contribution is 0.414. The van der Waals surface area contributed by atoms with Gasteiger partial charge in [-0.2, -0.15) is 9.97 Å². The van der Waals surface area contributed by atoms with Gasteiger partial charge in [-0.3, -0.25) is 0 Å². The summed E-state index contributed by atoms with van der Waals surface area (Å²) in [5.74, 6) is 2.53. The SMILES string of the molecule is COc1cccc([C@@H](C)Nc2nc(N)nc3c2nc(C)n3C)c1. The highest BCUT2D eigenvalue weighted by atomic mass is 16.5. The van der Waals surface area contributed by atoms with Crippen LogP contribution in [0.1, 0.15) is 24.4 Å². The van der Waals surface area contributed by atoms with Crippen LogP contribution in [0.25, 0.3) is 11.2 Å². The maximum atomic E-state index is 5.84. The highest BCUT2D eigenvalue weighted by Crippen LogP contribution is 2.26. The number of rotatable bonds is 4. The number of nitrogens with two attached hydrogens (primary N) is 1. The van der Waals surface area contributed by atoms with Gasteiger partial charge >= 0.3 is 0 Å². The van der Waals surface area contributed by atoms with Crippen LogP contribution in [0.5, 0.6) is 5.75 Å². The number of aromatic nitrogens is 4. The first kappa shape index (κ1) is 15.1. The fourth-order valence-corrected chi connectivity index (χ4v) is 2.49. The summed E-state index contributed by atoms with van der Waals surface area (Å²) < 4.78 is 7.17. The summed E-state index contributed by atoms with van der Waals surface area (Å²) in [7, 11) is 3.56. The summed E-state index contributed by atoms with van der Waals surface area (Å²) in [4.78, 5) is 13.1. The third kappa shape index (κ3) is 2.77. The summed E-state index contributed by atoms with van der Waals surface area (Å²) in [6, 6.07) is 7.92. The maximum absolute atomic E-state index is 5.84. The molecule has 0 amide bonds. The van der Waals surface area contributed by atoms with Crippen LogP contribution in [0.15, 0.2) is 24.3 Å². The highest BCUT2D eigenvalue weighted by molar-refractivity contribution is 5.84. The average molecular weight is 312 g/mol. The van der Waals surface area contributed by atoms with Crippen LogP contribution >= 0.6 is 0 Å². The molecular formula is C16H20N6O. The number of nitrogen functional groups attached to an aromatic ring is 1. The van der Waals surface area contributed by atoms with Gasteiger partial charge in [0.25, 0.3) is 0 Å². The Kier molecular flexibility index (Phi) is 3.77. The number of nitrogens with one attached hydrogen (secondary N) is 1. The van der Waals surface area contributed by atoms with Crippen LogP contribution < -0.4 is 15.8 Å². The molecule has 0 fully saturated rings. The first-order valence-electron chi connectivity index (χ1n) is 7.36. The maximum Gasteiger partial charge on any atom is 0.224 e. The predicted octanol–water partition coefficient (Wildman–Crippen LogP) is 2.44. The van der Waals surface area contributed by atoms with Crippen molar-refractivity contribution in [2.24, 2.45) is 7.05 Å². The molecule has 7 heteroatoms. The zero-order valence-corrected chi connectivity index (χ0v) is 13.7. The number of methoxy groups -OCH3 is 1. The van der Waals surface area contributed by atoms with Crippen molar-refractivity contribution in [3.05, 3.63) is 35.7 Å². The molecule has 7 nitrogen and oxygen atoms in total. The smallest absolute Gasteiger partial charge is 0.224 e. The standard InChI is InChI=1S/C16H20N6O/c1-9(11-6-5-7-12(8-11)23-4)18-14-13-15(21-16(17)20-14)22(3)10(2)19-13/h5-9H,1-4H3,(H3,17,18,20,21)/t9-/m1/s1. The minimum absolute atomic E-state index is 0.0184. The number of ether oxygens (including phenoxy) is 1. The third-order valence-electron chi connectivity index (χ3n) is 3.91. The van der Waals surface area contributed by atoms with Crippen molar-refractivity contribution in [2.45, 2.75) is 19.9 Å². The summed E-state index contributed by atoms with van der Waals surface area (Å²) >= 11 is 0. The van der Waals surface area contributed by atoms with E-state index in [-0.39, 0.29) is 12.0 Å². The first-order valence-corrected chi connectivity index (χ1v) is 7.36. The lowest BCUT2D eigenvalue weighted by Crippen LogP contribution is -2.10. The van der Waals surface area contributed by atoms with Crippen molar-refractivity contribution in [3.63, 3.8) is 0 Å². The van der Waals surface area contributed by atoms with Crippen molar-refractivity contribution in [1.29, 1.82) is 0 Å². The van der Waals surface area contributed by atoms with E-state index in [1.165, 1.54) is 0 Å². The molecule has 120 valence electrons. The van der Waals surface area contributed by atoms with Gasteiger partial charge in [-0.05, 0) is 31.5 Å². The molecule has 2 heterocycles. The van der Waals surface area contributed by atoms with Gasteiger partial charge in [-0.1, -0.05) is 12.1 Å². The van der Waals surface area contributed by atoms with Crippen LogP contribution in [0, 0.1) is 6.92 Å². The fourth-order valence-electron chi connectivity index (χ4n) is 2.49. The molecule has 0 aliphatic rings. The summed E-state index contributed by atoms with van der Waals surface area (Å²) in [5, 5.41) is 3.37. The first-order chi connectivity index (χ1) is 11.0. The van der Waals surface area contributed by atoms with Gasteiger partial charge in [0, 0.05) is 7.05 Å². The molecule has 2 aromatic heterocycles. The van der Waals surface area contributed by atoms with Crippen molar-refractivity contribution in [2.75, 3.05) is 18.2 Å². The molecule has 0 saturated carbocycles. The van der Waals surface area contributed by atoms with Crippen LogP contribution in [-0.4, -0.2) is 26.6 Å². The molecule has 0 spiro atoms. The molecule has 3 rings (SSSR count). The number of hydrogen-bond acceptors (Lipinski definition) is 6. The third-order valence-corrected chi connectivity index (χ3v) is 3.91. The molecule has 3 aromatic rings. The van der Waals surface area contributed by atoms with Crippen molar-refractivity contribution < 1.29 is 4.74 Å². The lowest BCUT2D eigenvalue weighted by atomic mass is 10.1. The van der Waals surface area contributed by atoms with Crippen molar-refractivity contribution in [3.8, 4) is 5.75 Å². The Morgan fingerprint density at radius 1 is 1.26 bits per heavy atom. The van der Waals surface area contributed by atoms with Crippen molar-refractivity contribution >= 4 is 22.9 Å². The fraction of sp³-hybridized carbons (Fsp3) is 0.312. The molecule has 3 N–H and O–H groups in total. The predicted molar refractivity (Wildman–Crippen MR) is 90.5 cm³/mol.